The molecule has 0 unspecified atom stereocenters. The molecule has 2 aromatic rings. The van der Waals surface area contributed by atoms with E-state index in [2.05, 4.69) is 5.32 Å². The number of hydrogen-bond acceptors (Lipinski definition) is 3. The molecule has 2 rings (SSSR count). The first kappa shape index (κ1) is 18.0. The SMILES string of the molecule is Cc1ccc(/C=C(\C#N)C(=O)Nc2ccc(C(=O)N(C)C)cc2)cc1. The number of nitriles is 1. The van der Waals surface area contributed by atoms with E-state index in [1.54, 1.807) is 44.4 Å². The van der Waals surface area contributed by atoms with Gasteiger partial charge in [0.25, 0.3) is 11.8 Å². The number of carbonyl (C=O) groups is 2. The Balaban J connectivity index is 2.13. The van der Waals surface area contributed by atoms with Crippen LogP contribution in [-0.4, -0.2) is 30.8 Å². The maximum atomic E-state index is 12.3. The average Bonchev–Trinajstić information content (AvgIpc) is 2.61. The molecule has 0 fully saturated rings. The third kappa shape index (κ3) is 4.79. The van der Waals surface area contributed by atoms with Gasteiger partial charge >= 0.3 is 0 Å². The standard InChI is InChI=1S/C20H19N3O2/c1-14-4-6-15(7-5-14)12-17(13-21)19(24)22-18-10-8-16(9-11-18)20(25)23(2)3/h4-12H,1-3H3,(H,22,24)/b17-12+. The van der Waals surface area contributed by atoms with Crippen LogP contribution in [0.4, 0.5) is 5.69 Å². The van der Waals surface area contributed by atoms with Crippen LogP contribution in [0.1, 0.15) is 21.5 Å². The minimum Gasteiger partial charge on any atom is -0.345 e. The predicted octanol–water partition coefficient (Wildman–Crippen LogP) is 3.24. The third-order valence-corrected chi connectivity index (χ3v) is 3.55. The van der Waals surface area contributed by atoms with Crippen LogP contribution in [0.5, 0.6) is 0 Å². The molecular weight excluding hydrogens is 314 g/mol. The molecule has 5 heteroatoms. The summed E-state index contributed by atoms with van der Waals surface area (Å²) in [6.07, 6.45) is 1.54. The zero-order valence-electron chi connectivity index (χ0n) is 14.4. The fourth-order valence-corrected chi connectivity index (χ4v) is 2.13. The van der Waals surface area contributed by atoms with Gasteiger partial charge in [-0.25, -0.2) is 0 Å². The van der Waals surface area contributed by atoms with Crippen molar-refractivity contribution < 1.29 is 9.59 Å². The molecule has 1 N–H and O–H groups in total. The van der Waals surface area contributed by atoms with Gasteiger partial charge in [0.05, 0.1) is 0 Å². The van der Waals surface area contributed by atoms with Crippen molar-refractivity contribution in [3.05, 3.63) is 70.8 Å². The van der Waals surface area contributed by atoms with Crippen molar-refractivity contribution >= 4 is 23.6 Å². The molecule has 0 aliphatic heterocycles. The topological polar surface area (TPSA) is 73.2 Å². The Morgan fingerprint density at radius 3 is 2.16 bits per heavy atom. The summed E-state index contributed by atoms with van der Waals surface area (Å²) in [6, 6.07) is 16.0. The van der Waals surface area contributed by atoms with Crippen LogP contribution in [0.25, 0.3) is 6.08 Å². The minimum atomic E-state index is -0.491. The largest absolute Gasteiger partial charge is 0.345 e. The van der Waals surface area contributed by atoms with Crippen LogP contribution in [0.2, 0.25) is 0 Å². The number of carbonyl (C=O) groups excluding carboxylic acids is 2. The first-order valence-corrected chi connectivity index (χ1v) is 7.72. The second kappa shape index (κ2) is 7.93. The summed E-state index contributed by atoms with van der Waals surface area (Å²) in [5, 5.41) is 11.9. The van der Waals surface area contributed by atoms with Crippen LogP contribution in [-0.2, 0) is 4.79 Å². The fraction of sp³-hybridized carbons (Fsp3) is 0.150. The van der Waals surface area contributed by atoms with Gasteiger partial charge in [0.1, 0.15) is 11.6 Å². The highest BCUT2D eigenvalue weighted by molar-refractivity contribution is 6.09. The highest BCUT2D eigenvalue weighted by Gasteiger charge is 2.11. The number of anilines is 1. The summed E-state index contributed by atoms with van der Waals surface area (Å²) in [7, 11) is 3.35. The predicted molar refractivity (Wildman–Crippen MR) is 97.9 cm³/mol. The molecule has 0 aliphatic carbocycles. The number of amides is 2. The van der Waals surface area contributed by atoms with E-state index in [1.165, 1.54) is 4.90 Å². The molecule has 5 nitrogen and oxygen atoms in total. The molecule has 0 heterocycles. The highest BCUT2D eigenvalue weighted by atomic mass is 16.2. The van der Waals surface area contributed by atoms with E-state index < -0.39 is 5.91 Å². The lowest BCUT2D eigenvalue weighted by atomic mass is 10.1. The summed E-state index contributed by atoms with van der Waals surface area (Å²) in [5.41, 5.74) is 2.94. The van der Waals surface area contributed by atoms with Gasteiger partial charge in [-0.3, -0.25) is 9.59 Å². The molecular formula is C20H19N3O2. The molecule has 0 saturated carbocycles. The second-order valence-corrected chi connectivity index (χ2v) is 5.81. The monoisotopic (exact) mass is 333 g/mol. The number of aryl methyl sites for hydroxylation is 1. The Morgan fingerprint density at radius 1 is 1.04 bits per heavy atom. The van der Waals surface area contributed by atoms with E-state index in [0.29, 0.717) is 11.3 Å². The summed E-state index contributed by atoms with van der Waals surface area (Å²) < 4.78 is 0. The van der Waals surface area contributed by atoms with Crippen LogP contribution >= 0.6 is 0 Å². The van der Waals surface area contributed by atoms with Gasteiger partial charge in [-0.05, 0) is 42.8 Å². The molecule has 0 aromatic heterocycles. The van der Waals surface area contributed by atoms with Crippen molar-refractivity contribution in [1.82, 2.24) is 4.90 Å². The third-order valence-electron chi connectivity index (χ3n) is 3.55. The Labute approximate surface area is 147 Å². The van der Waals surface area contributed by atoms with Crippen LogP contribution in [0.3, 0.4) is 0 Å². The lowest BCUT2D eigenvalue weighted by Gasteiger charge is -2.10. The molecule has 126 valence electrons. The van der Waals surface area contributed by atoms with E-state index in [0.717, 1.165) is 11.1 Å². The van der Waals surface area contributed by atoms with Crippen LogP contribution < -0.4 is 5.32 Å². The summed E-state index contributed by atoms with van der Waals surface area (Å²) in [4.78, 5) is 25.6. The first-order valence-electron chi connectivity index (χ1n) is 7.72. The molecule has 0 atom stereocenters. The first-order chi connectivity index (χ1) is 11.9. The molecule has 0 aliphatic rings. The molecule has 0 bridgehead atoms. The number of benzene rings is 2. The highest BCUT2D eigenvalue weighted by Crippen LogP contribution is 2.14. The van der Waals surface area contributed by atoms with Gasteiger partial charge in [0.2, 0.25) is 0 Å². The Hall–Kier alpha value is -3.39. The Morgan fingerprint density at radius 2 is 1.64 bits per heavy atom. The number of rotatable bonds is 4. The lowest BCUT2D eigenvalue weighted by molar-refractivity contribution is -0.112. The van der Waals surface area contributed by atoms with Crippen molar-refractivity contribution in [3.63, 3.8) is 0 Å². The smallest absolute Gasteiger partial charge is 0.266 e. The molecule has 2 aromatic carbocycles. The van der Waals surface area contributed by atoms with E-state index in [4.69, 9.17) is 0 Å². The quantitative estimate of drug-likeness (QED) is 0.689. The van der Waals surface area contributed by atoms with Crippen molar-refractivity contribution in [2.75, 3.05) is 19.4 Å². The maximum Gasteiger partial charge on any atom is 0.266 e. The van der Waals surface area contributed by atoms with Gasteiger partial charge in [0, 0.05) is 25.3 Å². The summed E-state index contributed by atoms with van der Waals surface area (Å²) in [5.74, 6) is -0.607. The van der Waals surface area contributed by atoms with Crippen LogP contribution in [0.15, 0.2) is 54.1 Å². The Kier molecular flexibility index (Phi) is 5.70. The number of nitrogens with zero attached hydrogens (tertiary/aromatic N) is 2. The van der Waals surface area contributed by atoms with Crippen molar-refractivity contribution in [2.24, 2.45) is 0 Å². The van der Waals surface area contributed by atoms with E-state index in [-0.39, 0.29) is 11.5 Å². The van der Waals surface area contributed by atoms with Crippen molar-refractivity contribution in [3.8, 4) is 6.07 Å². The molecule has 2 amide bonds. The van der Waals surface area contributed by atoms with Gasteiger partial charge < -0.3 is 10.2 Å². The second-order valence-electron chi connectivity index (χ2n) is 5.81. The molecule has 0 spiro atoms. The van der Waals surface area contributed by atoms with Gasteiger partial charge in [-0.2, -0.15) is 5.26 Å². The van der Waals surface area contributed by atoms with Crippen LogP contribution in [0, 0.1) is 18.3 Å². The van der Waals surface area contributed by atoms with Crippen molar-refractivity contribution in [1.29, 1.82) is 5.26 Å². The van der Waals surface area contributed by atoms with Gasteiger partial charge in [-0.15, -0.1) is 0 Å². The molecule has 0 saturated heterocycles. The average molecular weight is 333 g/mol. The van der Waals surface area contributed by atoms with E-state index >= 15 is 0 Å². The summed E-state index contributed by atoms with van der Waals surface area (Å²) in [6.45, 7) is 1.97. The number of nitrogens with one attached hydrogen (secondary N) is 1. The minimum absolute atomic E-state index is 0.0114. The zero-order valence-corrected chi connectivity index (χ0v) is 14.4. The van der Waals surface area contributed by atoms with E-state index in [9.17, 15) is 14.9 Å². The summed E-state index contributed by atoms with van der Waals surface area (Å²) >= 11 is 0. The number of hydrogen-bond donors (Lipinski definition) is 1. The fourth-order valence-electron chi connectivity index (χ4n) is 2.13. The zero-order chi connectivity index (χ0) is 18.4. The van der Waals surface area contributed by atoms with Gasteiger partial charge in [0.15, 0.2) is 0 Å². The van der Waals surface area contributed by atoms with E-state index in [1.807, 2.05) is 37.3 Å². The Bertz CT molecular complexity index is 842. The van der Waals surface area contributed by atoms with Gasteiger partial charge in [-0.1, -0.05) is 29.8 Å². The molecule has 25 heavy (non-hydrogen) atoms. The maximum absolute atomic E-state index is 12.3. The normalized spacial score (nSPS) is 10.7. The molecule has 0 radical (unpaired) electrons. The lowest BCUT2D eigenvalue weighted by Crippen LogP contribution is -2.21. The van der Waals surface area contributed by atoms with Crippen molar-refractivity contribution in [2.45, 2.75) is 6.92 Å².